The van der Waals surface area contributed by atoms with Gasteiger partial charge in [0.25, 0.3) is 0 Å². The maximum Gasteiger partial charge on any atom is -0.00948 e. The van der Waals surface area contributed by atoms with E-state index in [1.807, 2.05) is 0 Å². The third-order valence-corrected chi connectivity index (χ3v) is 2.34. The lowest BCUT2D eigenvalue weighted by Gasteiger charge is -2.15. The second-order valence-electron chi connectivity index (χ2n) is 2.94. The molecular weight excluding hydrogens is 120 g/mol. The van der Waals surface area contributed by atoms with E-state index in [-0.39, 0.29) is 0 Å². The first-order valence-electron chi connectivity index (χ1n) is 3.65. The first-order valence-corrected chi connectivity index (χ1v) is 3.65. The second kappa shape index (κ2) is 2.45. The van der Waals surface area contributed by atoms with Crippen molar-refractivity contribution in [3.63, 3.8) is 0 Å². The van der Waals surface area contributed by atoms with Gasteiger partial charge < -0.3 is 0 Å². The summed E-state index contributed by atoms with van der Waals surface area (Å²) in [5.41, 5.74) is 5.45. The van der Waals surface area contributed by atoms with Gasteiger partial charge in [-0.3, -0.25) is 0 Å². The summed E-state index contributed by atoms with van der Waals surface area (Å²) >= 11 is 0. The molecule has 0 heterocycles. The van der Waals surface area contributed by atoms with E-state index >= 15 is 0 Å². The van der Waals surface area contributed by atoms with Crippen molar-refractivity contribution in [2.75, 3.05) is 0 Å². The Morgan fingerprint density at radius 1 is 1.20 bits per heavy atom. The molecule has 0 aromatic heterocycles. The summed E-state index contributed by atoms with van der Waals surface area (Å²) in [5, 5.41) is 0. The van der Waals surface area contributed by atoms with Crippen molar-refractivity contribution in [2.45, 2.75) is 27.2 Å². The largest absolute Gasteiger partial charge is 0.0952 e. The Morgan fingerprint density at radius 2 is 1.80 bits per heavy atom. The van der Waals surface area contributed by atoms with Crippen LogP contribution in [0.4, 0.5) is 0 Å². The van der Waals surface area contributed by atoms with Crippen LogP contribution in [0.1, 0.15) is 27.2 Å². The Bertz CT molecular complexity index is 222. The van der Waals surface area contributed by atoms with E-state index in [4.69, 9.17) is 0 Å². The number of hydrogen-bond acceptors (Lipinski definition) is 0. The minimum absolute atomic E-state index is 1.04. The summed E-state index contributed by atoms with van der Waals surface area (Å²) in [6.07, 6.45) is 3.28. The molecule has 0 N–H and O–H groups in total. The van der Waals surface area contributed by atoms with Crippen molar-refractivity contribution >= 4 is 0 Å². The fourth-order valence-corrected chi connectivity index (χ4v) is 1.14. The molecule has 0 amide bonds. The van der Waals surface area contributed by atoms with Gasteiger partial charge in [-0.2, -0.15) is 0 Å². The van der Waals surface area contributed by atoms with Crippen molar-refractivity contribution < 1.29 is 0 Å². The van der Waals surface area contributed by atoms with Gasteiger partial charge in [-0.05, 0) is 43.9 Å². The van der Waals surface area contributed by atoms with Crippen LogP contribution in [0.15, 0.2) is 34.9 Å². The lowest BCUT2D eigenvalue weighted by Crippen LogP contribution is -1.95. The minimum atomic E-state index is 1.04. The van der Waals surface area contributed by atoms with Crippen LogP contribution >= 0.6 is 0 Å². The number of allylic oxidation sites excluding steroid dienone is 5. The van der Waals surface area contributed by atoms with Crippen LogP contribution in [0.5, 0.6) is 0 Å². The molecule has 0 bridgehead atoms. The zero-order chi connectivity index (χ0) is 7.72. The van der Waals surface area contributed by atoms with Gasteiger partial charge in [0.2, 0.25) is 0 Å². The van der Waals surface area contributed by atoms with E-state index in [1.165, 1.54) is 22.3 Å². The Morgan fingerprint density at radius 3 is 2.30 bits per heavy atom. The molecular formula is C10H14. The van der Waals surface area contributed by atoms with E-state index < -0.39 is 0 Å². The van der Waals surface area contributed by atoms with E-state index in [2.05, 4.69) is 33.4 Å². The topological polar surface area (TPSA) is 0 Å². The molecule has 0 spiro atoms. The maximum absolute atomic E-state index is 3.98. The number of hydrogen-bond donors (Lipinski definition) is 0. The molecule has 1 aliphatic rings. The molecule has 0 fully saturated rings. The maximum atomic E-state index is 3.98. The Hall–Kier alpha value is -0.780. The van der Waals surface area contributed by atoms with E-state index in [0.717, 1.165) is 6.42 Å². The zero-order valence-electron chi connectivity index (χ0n) is 6.99. The van der Waals surface area contributed by atoms with Gasteiger partial charge >= 0.3 is 0 Å². The lowest BCUT2D eigenvalue weighted by molar-refractivity contribution is 1.10. The Balaban J connectivity index is 3.06. The molecule has 0 nitrogen and oxygen atoms in total. The average molecular weight is 134 g/mol. The van der Waals surface area contributed by atoms with Crippen LogP contribution < -0.4 is 0 Å². The molecule has 0 aromatic rings. The van der Waals surface area contributed by atoms with Crippen LogP contribution in [0, 0.1) is 0 Å². The summed E-state index contributed by atoms with van der Waals surface area (Å²) in [6, 6.07) is 0. The molecule has 10 heavy (non-hydrogen) atoms. The first kappa shape index (κ1) is 7.33. The highest BCUT2D eigenvalue weighted by atomic mass is 14.1. The molecule has 54 valence electrons. The standard InChI is InChI=1S/C10H14/c1-7-5-6-8(2)10(4)9(7)3/h6H,1,5H2,2-4H3. The summed E-state index contributed by atoms with van der Waals surface area (Å²) < 4.78 is 0. The SMILES string of the molecule is C=C1CC=C(C)C(C)=C1C. The van der Waals surface area contributed by atoms with Gasteiger partial charge in [-0.1, -0.05) is 18.2 Å². The first-order chi connectivity index (χ1) is 4.63. The van der Waals surface area contributed by atoms with Crippen molar-refractivity contribution in [2.24, 2.45) is 0 Å². The van der Waals surface area contributed by atoms with Crippen LogP contribution in [-0.2, 0) is 0 Å². The van der Waals surface area contributed by atoms with Gasteiger partial charge in [-0.25, -0.2) is 0 Å². The Kier molecular flexibility index (Phi) is 1.80. The summed E-state index contributed by atoms with van der Waals surface area (Å²) in [6.45, 7) is 10.4. The van der Waals surface area contributed by atoms with Gasteiger partial charge in [-0.15, -0.1) is 0 Å². The number of rotatable bonds is 0. The predicted octanol–water partition coefficient (Wildman–Crippen LogP) is 3.23. The lowest BCUT2D eigenvalue weighted by atomic mass is 9.91. The molecule has 1 aliphatic carbocycles. The third-order valence-electron chi connectivity index (χ3n) is 2.34. The summed E-state index contributed by atoms with van der Waals surface area (Å²) in [5.74, 6) is 0. The van der Waals surface area contributed by atoms with Crippen molar-refractivity contribution in [1.82, 2.24) is 0 Å². The van der Waals surface area contributed by atoms with Crippen molar-refractivity contribution in [3.05, 3.63) is 34.9 Å². The predicted molar refractivity (Wildman–Crippen MR) is 45.9 cm³/mol. The highest BCUT2D eigenvalue weighted by Gasteiger charge is 2.07. The molecule has 0 saturated carbocycles. The fourth-order valence-electron chi connectivity index (χ4n) is 1.14. The van der Waals surface area contributed by atoms with Crippen LogP contribution in [0.2, 0.25) is 0 Å². The molecule has 0 aliphatic heterocycles. The van der Waals surface area contributed by atoms with Crippen LogP contribution in [-0.4, -0.2) is 0 Å². The van der Waals surface area contributed by atoms with Crippen molar-refractivity contribution in [1.29, 1.82) is 0 Å². The van der Waals surface area contributed by atoms with Gasteiger partial charge in [0.1, 0.15) is 0 Å². The molecule has 0 atom stereocenters. The summed E-state index contributed by atoms with van der Waals surface area (Å²) in [4.78, 5) is 0. The van der Waals surface area contributed by atoms with Gasteiger partial charge in [0.15, 0.2) is 0 Å². The van der Waals surface area contributed by atoms with Crippen LogP contribution in [0.3, 0.4) is 0 Å². The van der Waals surface area contributed by atoms with Gasteiger partial charge in [0, 0.05) is 0 Å². The molecule has 1 rings (SSSR count). The molecule has 0 saturated heterocycles. The van der Waals surface area contributed by atoms with Gasteiger partial charge in [0.05, 0.1) is 0 Å². The van der Waals surface area contributed by atoms with E-state index in [0.29, 0.717) is 0 Å². The molecule has 0 radical (unpaired) electrons. The second-order valence-corrected chi connectivity index (χ2v) is 2.94. The molecule has 0 aromatic carbocycles. The zero-order valence-corrected chi connectivity index (χ0v) is 6.99. The minimum Gasteiger partial charge on any atom is -0.0952 e. The monoisotopic (exact) mass is 134 g/mol. The van der Waals surface area contributed by atoms with E-state index in [1.54, 1.807) is 0 Å². The van der Waals surface area contributed by atoms with Crippen LogP contribution in [0.25, 0.3) is 0 Å². The average Bonchev–Trinajstić information content (AvgIpc) is 1.93. The molecule has 0 unspecified atom stereocenters. The quantitative estimate of drug-likeness (QED) is 0.477. The third kappa shape index (κ3) is 1.06. The molecule has 0 heteroatoms. The smallest absolute Gasteiger partial charge is 0.00948 e. The van der Waals surface area contributed by atoms with E-state index in [9.17, 15) is 0 Å². The highest BCUT2D eigenvalue weighted by Crippen LogP contribution is 2.26. The summed E-state index contributed by atoms with van der Waals surface area (Å²) in [7, 11) is 0. The van der Waals surface area contributed by atoms with Crippen molar-refractivity contribution in [3.8, 4) is 0 Å². The Labute approximate surface area is 62.9 Å². The fraction of sp³-hybridized carbons (Fsp3) is 0.400. The highest BCUT2D eigenvalue weighted by molar-refractivity contribution is 5.45. The normalized spacial score (nSPS) is 19.5.